The molecular formula is C3H2ClIN2. The van der Waals surface area contributed by atoms with Crippen LogP contribution < -0.4 is 0 Å². The molecule has 4 heteroatoms. The predicted octanol–water partition coefficient (Wildman–Crippen LogP) is 1.35. The first-order valence-corrected chi connectivity index (χ1v) is 4.30. The number of nitrogens with zero attached hydrogens (tertiary/aromatic N) is 2. The van der Waals surface area contributed by atoms with Gasteiger partial charge in [-0.1, -0.05) is 11.6 Å². The number of rotatable bonds is 0. The van der Waals surface area contributed by atoms with Crippen LogP contribution in [0, 0.1) is 0 Å². The van der Waals surface area contributed by atoms with Gasteiger partial charge in [0.15, 0.2) is 3.18 Å². The van der Waals surface area contributed by atoms with Crippen LogP contribution in [0.15, 0.2) is 9.98 Å². The van der Waals surface area contributed by atoms with Gasteiger partial charge in [-0.15, -0.1) is 0 Å². The lowest BCUT2D eigenvalue weighted by Crippen LogP contribution is -1.78. The zero-order valence-electron chi connectivity index (χ0n) is 3.31. The van der Waals surface area contributed by atoms with Crippen molar-refractivity contribution in [1.82, 2.24) is 0 Å². The molecule has 0 aromatic carbocycles. The van der Waals surface area contributed by atoms with Crippen LogP contribution in [-0.4, -0.2) is 13.7 Å². The average molecular weight is 228 g/mol. The van der Waals surface area contributed by atoms with Gasteiger partial charge >= 0.3 is 0 Å². The van der Waals surface area contributed by atoms with Crippen molar-refractivity contribution in [2.75, 3.05) is 0 Å². The highest BCUT2D eigenvalue weighted by Gasteiger charge is 1.85. The molecule has 7 heavy (non-hydrogen) atoms. The van der Waals surface area contributed by atoms with E-state index in [1.165, 1.54) is 6.34 Å². The van der Waals surface area contributed by atoms with E-state index < -0.39 is 0 Å². The summed E-state index contributed by atoms with van der Waals surface area (Å²) in [5.41, 5.74) is 0. The molecule has 0 spiro atoms. The fourth-order valence-corrected chi connectivity index (χ4v) is 1.31. The van der Waals surface area contributed by atoms with Gasteiger partial charge in [0.05, 0.1) is 4.14 Å². The van der Waals surface area contributed by atoms with E-state index in [2.05, 4.69) is 9.98 Å². The summed E-state index contributed by atoms with van der Waals surface area (Å²) in [4.78, 5) is 7.49. The number of hydrogen-bond acceptors (Lipinski definition) is 2. The van der Waals surface area contributed by atoms with Crippen molar-refractivity contribution in [1.29, 1.82) is 0 Å². The molecule has 0 atom stereocenters. The van der Waals surface area contributed by atoms with Crippen molar-refractivity contribution >= 4 is 46.0 Å². The summed E-state index contributed by atoms with van der Waals surface area (Å²) >= 11 is 5.34. The Kier molecular flexibility index (Phi) is 1.93. The van der Waals surface area contributed by atoms with Crippen LogP contribution in [0.2, 0.25) is 0 Å². The molecule has 1 aliphatic heterocycles. The molecule has 0 saturated carbocycles. The van der Waals surface area contributed by atoms with E-state index in [1.807, 2.05) is 4.14 Å². The van der Waals surface area contributed by atoms with E-state index in [0.29, 0.717) is 3.18 Å². The molecule has 0 saturated heterocycles. The molecule has 0 fully saturated rings. The fraction of sp³-hybridized carbons (Fsp3) is 0. The summed E-state index contributed by atoms with van der Waals surface area (Å²) in [6.45, 7) is 0. The van der Waals surface area contributed by atoms with Crippen LogP contribution in [0.1, 0.15) is 0 Å². The van der Waals surface area contributed by atoms with Gasteiger partial charge < -0.3 is 0 Å². The highest BCUT2D eigenvalue weighted by Crippen LogP contribution is 2.06. The molecule has 0 aromatic rings. The second-order valence-electron chi connectivity index (χ2n) is 0.841. The lowest BCUT2D eigenvalue weighted by atomic mass is 11.2. The lowest BCUT2D eigenvalue weighted by Gasteiger charge is -1.84. The van der Waals surface area contributed by atoms with Gasteiger partial charge in [0.2, 0.25) is 0 Å². The first-order valence-electron chi connectivity index (χ1n) is 1.59. The normalized spacial score (nSPS) is 18.1. The maximum absolute atomic E-state index is 5.49. The van der Waals surface area contributed by atoms with Crippen molar-refractivity contribution in [2.45, 2.75) is 0 Å². The van der Waals surface area contributed by atoms with Crippen molar-refractivity contribution < 1.29 is 0 Å². The molecular weight excluding hydrogens is 226 g/mol. The van der Waals surface area contributed by atoms with Crippen molar-refractivity contribution in [3.8, 4) is 0 Å². The molecule has 0 unspecified atom stereocenters. The van der Waals surface area contributed by atoms with E-state index in [-0.39, 0.29) is 20.7 Å². The number of aliphatic imine (C=N–C) groups is 2. The van der Waals surface area contributed by atoms with E-state index in [4.69, 9.17) is 11.6 Å². The highest BCUT2D eigenvalue weighted by atomic mass is 127. The Morgan fingerprint density at radius 1 is 1.71 bits per heavy atom. The molecule has 1 aliphatic rings. The monoisotopic (exact) mass is 228 g/mol. The SMILES string of the molecule is ClC1=NC=NC=I1. The Bertz CT molecular complexity index is 149. The standard InChI is InChI=1S/C3H2ClIN2/c4-3-5-1-6-2-7-3/h1-2H. The summed E-state index contributed by atoms with van der Waals surface area (Å²) in [6, 6.07) is 0. The summed E-state index contributed by atoms with van der Waals surface area (Å²) < 4.78 is 2.54. The third-order valence-electron chi connectivity index (χ3n) is 0.417. The van der Waals surface area contributed by atoms with E-state index >= 15 is 0 Å². The Hall–Kier alpha value is 0.230. The highest BCUT2D eigenvalue weighted by molar-refractivity contribution is 14.2. The molecule has 1 heterocycles. The second kappa shape index (κ2) is 2.52. The predicted molar refractivity (Wildman–Crippen MR) is 41.9 cm³/mol. The van der Waals surface area contributed by atoms with E-state index in [9.17, 15) is 0 Å². The fourth-order valence-electron chi connectivity index (χ4n) is 0.199. The van der Waals surface area contributed by atoms with Crippen LogP contribution in [0.4, 0.5) is 0 Å². The first kappa shape index (κ1) is 5.37. The minimum Gasteiger partial charge on any atom is -0.239 e. The molecule has 0 bridgehead atoms. The van der Waals surface area contributed by atoms with Gasteiger partial charge in [0.25, 0.3) is 0 Å². The third-order valence-corrected chi connectivity index (χ3v) is 2.46. The van der Waals surface area contributed by atoms with Crippen molar-refractivity contribution in [3.63, 3.8) is 0 Å². The van der Waals surface area contributed by atoms with Gasteiger partial charge in [0, 0.05) is 0 Å². The molecule has 0 aliphatic carbocycles. The molecule has 2 nitrogen and oxygen atoms in total. The molecule has 0 N–H and O–H groups in total. The summed E-state index contributed by atoms with van der Waals surface area (Å²) in [5.74, 6) is 0. The largest absolute Gasteiger partial charge is 0.239 e. The Morgan fingerprint density at radius 3 is 2.86 bits per heavy atom. The van der Waals surface area contributed by atoms with Gasteiger partial charge in [-0.05, 0) is 20.7 Å². The molecule has 0 aromatic heterocycles. The van der Waals surface area contributed by atoms with Gasteiger partial charge in [-0.25, -0.2) is 9.98 Å². The van der Waals surface area contributed by atoms with Crippen molar-refractivity contribution in [2.24, 2.45) is 9.98 Å². The molecule has 38 valence electrons. The smallest absolute Gasteiger partial charge is 0.164 e. The number of halogens is 2. The topological polar surface area (TPSA) is 24.7 Å². The maximum atomic E-state index is 5.49. The van der Waals surface area contributed by atoms with Crippen LogP contribution in [0.25, 0.3) is 0 Å². The quantitative estimate of drug-likeness (QED) is 0.559. The lowest BCUT2D eigenvalue weighted by molar-refractivity contribution is 1.74. The summed E-state index contributed by atoms with van der Waals surface area (Å²) in [6.07, 6.45) is 1.46. The molecule has 0 radical (unpaired) electrons. The van der Waals surface area contributed by atoms with E-state index in [1.54, 1.807) is 0 Å². The van der Waals surface area contributed by atoms with Gasteiger partial charge in [0.1, 0.15) is 6.34 Å². The van der Waals surface area contributed by atoms with E-state index in [0.717, 1.165) is 0 Å². The minimum absolute atomic E-state index is 0.156. The van der Waals surface area contributed by atoms with Crippen LogP contribution in [-0.2, 0) is 0 Å². The average Bonchev–Trinajstić information content (AvgIpc) is 1.69. The van der Waals surface area contributed by atoms with Gasteiger partial charge in [-0.2, -0.15) is 0 Å². The third kappa shape index (κ3) is 1.65. The Morgan fingerprint density at radius 2 is 2.57 bits per heavy atom. The Labute approximate surface area is 56.1 Å². The van der Waals surface area contributed by atoms with Crippen molar-refractivity contribution in [3.05, 3.63) is 0 Å². The zero-order valence-corrected chi connectivity index (χ0v) is 6.22. The minimum atomic E-state index is -0.156. The summed E-state index contributed by atoms with van der Waals surface area (Å²) in [5, 5.41) is 0. The zero-order chi connectivity index (χ0) is 5.11. The number of hydrogen-bond donors (Lipinski definition) is 0. The van der Waals surface area contributed by atoms with Crippen LogP contribution >= 0.6 is 32.3 Å². The Balaban J connectivity index is 2.82. The van der Waals surface area contributed by atoms with Crippen LogP contribution in [0.3, 0.4) is 0 Å². The molecule has 1 rings (SSSR count). The molecule has 0 amide bonds. The second-order valence-corrected chi connectivity index (χ2v) is 4.04. The van der Waals surface area contributed by atoms with Gasteiger partial charge in [-0.3, -0.25) is 0 Å². The summed E-state index contributed by atoms with van der Waals surface area (Å²) in [7, 11) is 0. The van der Waals surface area contributed by atoms with Crippen LogP contribution in [0.5, 0.6) is 0 Å². The first-order chi connectivity index (χ1) is 3.39. The maximum Gasteiger partial charge on any atom is 0.164 e.